The third-order valence-corrected chi connectivity index (χ3v) is 4.67. The molecule has 0 aliphatic carbocycles. The van der Waals surface area contributed by atoms with Crippen LogP contribution in [0.5, 0.6) is 29.0 Å². The fraction of sp³-hybridized carbons (Fsp3) is 0.0385. The van der Waals surface area contributed by atoms with Gasteiger partial charge in [0, 0.05) is 18.2 Å². The Morgan fingerprint density at radius 3 is 2.33 bits per heavy atom. The number of ether oxygens (including phenoxy) is 3. The number of guanidine groups is 1. The van der Waals surface area contributed by atoms with Crippen molar-refractivity contribution in [2.24, 2.45) is 16.5 Å². The lowest BCUT2D eigenvalue weighted by atomic mass is 10.2. The Morgan fingerprint density at radius 1 is 0.861 bits per heavy atom. The van der Waals surface area contributed by atoms with Gasteiger partial charge in [0.05, 0.1) is 17.3 Å². The van der Waals surface area contributed by atoms with E-state index in [2.05, 4.69) is 9.98 Å². The van der Waals surface area contributed by atoms with Gasteiger partial charge in [-0.1, -0.05) is 36.4 Å². The molecule has 4 rings (SSSR count). The second-order valence-corrected chi connectivity index (χ2v) is 7.35. The molecule has 0 saturated carbocycles. The van der Waals surface area contributed by atoms with Crippen LogP contribution in [0.3, 0.4) is 0 Å². The smallest absolute Gasteiger partial charge is 0.259 e. The van der Waals surface area contributed by atoms with Crippen LogP contribution in [0.15, 0.2) is 83.9 Å². The SMILES string of the molecule is N#Cc1ccc(OCc2ccccc2)c(Oc2nc(Oc3cccc(N=C(N)N)c3)c(F)cc2F)c1. The Bertz CT molecular complexity index is 1450. The first-order valence-electron chi connectivity index (χ1n) is 10.5. The van der Waals surface area contributed by atoms with Gasteiger partial charge in [0.25, 0.3) is 11.8 Å². The third-order valence-electron chi connectivity index (χ3n) is 4.67. The number of rotatable bonds is 8. The third kappa shape index (κ3) is 6.03. The van der Waals surface area contributed by atoms with Gasteiger partial charge in [-0.15, -0.1) is 0 Å². The summed E-state index contributed by atoms with van der Waals surface area (Å²) in [5.41, 5.74) is 12.2. The zero-order valence-corrected chi connectivity index (χ0v) is 18.7. The van der Waals surface area contributed by atoms with E-state index in [1.54, 1.807) is 12.1 Å². The average molecular weight is 487 g/mol. The Balaban J connectivity index is 1.62. The second-order valence-electron chi connectivity index (χ2n) is 7.35. The van der Waals surface area contributed by atoms with E-state index in [9.17, 15) is 14.0 Å². The topological polar surface area (TPSA) is 129 Å². The standard InChI is InChI=1S/C26H19F2N5O3/c27-20-13-21(28)25(33-24(20)35-19-8-4-7-18(12-19)32-26(30)31)36-23-11-17(14-29)9-10-22(23)34-15-16-5-2-1-3-6-16/h1-13H,15H2,(H4,30,31,32). The molecule has 8 nitrogen and oxygen atoms in total. The minimum absolute atomic E-state index is 0.0173. The Morgan fingerprint density at radius 2 is 1.61 bits per heavy atom. The molecule has 10 heteroatoms. The molecule has 0 aliphatic heterocycles. The van der Waals surface area contributed by atoms with Gasteiger partial charge in [0.1, 0.15) is 12.4 Å². The number of halogens is 2. The van der Waals surface area contributed by atoms with Crippen LogP contribution in [0.2, 0.25) is 0 Å². The molecule has 1 aromatic heterocycles. The van der Waals surface area contributed by atoms with Crippen molar-refractivity contribution in [3.63, 3.8) is 0 Å². The van der Waals surface area contributed by atoms with Crippen molar-refractivity contribution >= 4 is 11.6 Å². The molecule has 0 aliphatic rings. The van der Waals surface area contributed by atoms with E-state index in [1.807, 2.05) is 36.4 Å². The monoisotopic (exact) mass is 487 g/mol. The number of nitrogens with two attached hydrogens (primary N) is 2. The van der Waals surface area contributed by atoms with Crippen LogP contribution in [0.4, 0.5) is 14.5 Å². The maximum atomic E-state index is 14.6. The summed E-state index contributed by atoms with van der Waals surface area (Å²) in [6, 6.07) is 22.5. The Labute approximate surface area is 205 Å². The van der Waals surface area contributed by atoms with E-state index in [0.29, 0.717) is 11.8 Å². The van der Waals surface area contributed by atoms with Crippen LogP contribution >= 0.6 is 0 Å². The van der Waals surface area contributed by atoms with Crippen molar-refractivity contribution in [1.29, 1.82) is 5.26 Å². The lowest BCUT2D eigenvalue weighted by Crippen LogP contribution is -2.21. The van der Waals surface area contributed by atoms with Gasteiger partial charge in [0.2, 0.25) is 0 Å². The van der Waals surface area contributed by atoms with E-state index in [-0.39, 0.29) is 35.4 Å². The van der Waals surface area contributed by atoms with Gasteiger partial charge >= 0.3 is 0 Å². The number of benzene rings is 3. The average Bonchev–Trinajstić information content (AvgIpc) is 2.86. The second kappa shape index (κ2) is 10.8. The van der Waals surface area contributed by atoms with Crippen molar-refractivity contribution in [1.82, 2.24) is 4.98 Å². The molecule has 0 amide bonds. The molecule has 36 heavy (non-hydrogen) atoms. The number of hydrogen-bond acceptors (Lipinski definition) is 6. The van der Waals surface area contributed by atoms with Gasteiger partial charge < -0.3 is 25.7 Å². The van der Waals surface area contributed by atoms with Crippen LogP contribution in [-0.2, 0) is 6.61 Å². The normalized spacial score (nSPS) is 10.2. The van der Waals surface area contributed by atoms with Crippen molar-refractivity contribution in [3.05, 3.63) is 102 Å². The summed E-state index contributed by atoms with van der Waals surface area (Å²) in [7, 11) is 0. The first-order chi connectivity index (χ1) is 17.4. The van der Waals surface area contributed by atoms with Crippen LogP contribution < -0.4 is 25.7 Å². The number of pyridine rings is 1. The lowest BCUT2D eigenvalue weighted by Gasteiger charge is -2.14. The molecule has 4 N–H and O–H groups in total. The quantitative estimate of drug-likeness (QED) is 0.255. The highest BCUT2D eigenvalue weighted by molar-refractivity contribution is 5.79. The maximum Gasteiger partial charge on any atom is 0.259 e. The molecule has 1 heterocycles. The zero-order valence-electron chi connectivity index (χ0n) is 18.7. The fourth-order valence-electron chi connectivity index (χ4n) is 3.07. The van der Waals surface area contributed by atoms with Crippen LogP contribution in [0.25, 0.3) is 0 Å². The van der Waals surface area contributed by atoms with E-state index in [1.165, 1.54) is 30.3 Å². The van der Waals surface area contributed by atoms with Gasteiger partial charge in [-0.05, 0) is 29.8 Å². The van der Waals surface area contributed by atoms with Crippen molar-refractivity contribution in [2.75, 3.05) is 0 Å². The van der Waals surface area contributed by atoms with Crippen LogP contribution in [-0.4, -0.2) is 10.9 Å². The van der Waals surface area contributed by atoms with Crippen LogP contribution in [0.1, 0.15) is 11.1 Å². The molecule has 0 radical (unpaired) electrons. The van der Waals surface area contributed by atoms with Gasteiger partial charge in [-0.2, -0.15) is 10.2 Å². The highest BCUT2D eigenvalue weighted by Crippen LogP contribution is 2.36. The molecule has 180 valence electrons. The number of nitrogens with zero attached hydrogens (tertiary/aromatic N) is 3. The van der Waals surface area contributed by atoms with Gasteiger partial charge in [-0.25, -0.2) is 13.8 Å². The Hall–Kier alpha value is -5.17. The molecular formula is C26H19F2N5O3. The van der Waals surface area contributed by atoms with Crippen LogP contribution in [0, 0.1) is 23.0 Å². The largest absolute Gasteiger partial charge is 0.485 e. The molecule has 0 fully saturated rings. The molecule has 0 bridgehead atoms. The predicted octanol–water partition coefficient (Wildman–Crippen LogP) is 5.30. The van der Waals surface area contributed by atoms with E-state index < -0.39 is 23.4 Å². The summed E-state index contributed by atoms with van der Waals surface area (Å²) in [6.45, 7) is 0.197. The minimum Gasteiger partial charge on any atom is -0.485 e. The Kier molecular flexibility index (Phi) is 7.22. The van der Waals surface area contributed by atoms with Crippen molar-refractivity contribution < 1.29 is 23.0 Å². The minimum atomic E-state index is -1.08. The summed E-state index contributed by atoms with van der Waals surface area (Å²) in [4.78, 5) is 7.74. The molecule has 0 unspecified atom stereocenters. The highest BCUT2D eigenvalue weighted by atomic mass is 19.1. The van der Waals surface area contributed by atoms with E-state index >= 15 is 0 Å². The van der Waals surface area contributed by atoms with Gasteiger partial charge in [0.15, 0.2) is 29.1 Å². The first kappa shape index (κ1) is 24.0. The van der Waals surface area contributed by atoms with Crippen molar-refractivity contribution in [3.8, 4) is 35.1 Å². The van der Waals surface area contributed by atoms with Crippen molar-refractivity contribution in [2.45, 2.75) is 6.61 Å². The summed E-state index contributed by atoms with van der Waals surface area (Å²) < 4.78 is 45.9. The van der Waals surface area contributed by atoms with Gasteiger partial charge in [-0.3, -0.25) is 0 Å². The molecular weight excluding hydrogens is 468 g/mol. The molecule has 0 atom stereocenters. The maximum absolute atomic E-state index is 14.6. The predicted molar refractivity (Wildman–Crippen MR) is 128 cm³/mol. The zero-order chi connectivity index (χ0) is 25.5. The summed E-state index contributed by atoms with van der Waals surface area (Å²) in [5.74, 6) is -3.02. The summed E-state index contributed by atoms with van der Waals surface area (Å²) in [5, 5.41) is 9.27. The molecule has 0 spiro atoms. The number of aromatic nitrogens is 1. The van der Waals surface area contributed by atoms with E-state index in [4.69, 9.17) is 25.7 Å². The molecule has 0 saturated heterocycles. The summed E-state index contributed by atoms with van der Waals surface area (Å²) in [6.07, 6.45) is 0. The molecule has 4 aromatic rings. The first-order valence-corrected chi connectivity index (χ1v) is 10.5. The molecule has 3 aromatic carbocycles. The number of nitriles is 1. The number of aliphatic imine (C=N–C) groups is 1. The lowest BCUT2D eigenvalue weighted by molar-refractivity contribution is 0.287. The fourth-order valence-corrected chi connectivity index (χ4v) is 3.07. The highest BCUT2D eigenvalue weighted by Gasteiger charge is 2.18. The number of hydrogen-bond donors (Lipinski definition) is 2. The van der Waals surface area contributed by atoms with E-state index in [0.717, 1.165) is 5.56 Å². The summed E-state index contributed by atoms with van der Waals surface area (Å²) >= 11 is 0.